The molecule has 0 saturated heterocycles. The van der Waals surface area contributed by atoms with Crippen molar-refractivity contribution in [2.24, 2.45) is 5.84 Å². The zero-order valence-electron chi connectivity index (χ0n) is 5.11. The molecule has 0 aromatic rings. The van der Waals surface area contributed by atoms with Crippen LogP contribution in [0.3, 0.4) is 0 Å². The number of hydrogen-bond donors (Lipinski definition) is 2. The highest BCUT2D eigenvalue weighted by Crippen LogP contribution is 1.85. The average molecular weight is 154 g/mol. The molecule has 0 aliphatic carbocycles. The molecular weight excluding hydrogens is 144 g/mol. The minimum Gasteiger partial charge on any atom is -0.395 e. The molecule has 0 saturated carbocycles. The van der Waals surface area contributed by atoms with Crippen LogP contribution in [0.15, 0.2) is 0 Å². The lowest BCUT2D eigenvalue weighted by atomic mass is 10.7. The molecule has 6 heteroatoms. The van der Waals surface area contributed by atoms with E-state index in [0.29, 0.717) is 4.41 Å². The Bertz CT molecular complexity index is 164. The van der Waals surface area contributed by atoms with Crippen molar-refractivity contribution in [1.29, 1.82) is 0 Å². The van der Waals surface area contributed by atoms with E-state index >= 15 is 0 Å². The van der Waals surface area contributed by atoms with Gasteiger partial charge in [0.1, 0.15) is 0 Å². The van der Waals surface area contributed by atoms with Crippen LogP contribution in [0.25, 0.3) is 0 Å². The van der Waals surface area contributed by atoms with E-state index < -0.39 is 10.0 Å². The van der Waals surface area contributed by atoms with E-state index in [-0.39, 0.29) is 13.2 Å². The molecule has 56 valence electrons. The monoisotopic (exact) mass is 154 g/mol. The van der Waals surface area contributed by atoms with Crippen LogP contribution in [0.5, 0.6) is 0 Å². The summed E-state index contributed by atoms with van der Waals surface area (Å²) in [5.74, 6) is 4.95. The molecule has 0 aromatic carbocycles. The van der Waals surface area contributed by atoms with Crippen molar-refractivity contribution in [3.63, 3.8) is 0 Å². The lowest BCUT2D eigenvalue weighted by Crippen LogP contribution is -2.38. The lowest BCUT2D eigenvalue weighted by molar-refractivity contribution is 0.256. The molecule has 3 N–H and O–H groups in total. The third-order valence-electron chi connectivity index (χ3n) is 0.746. The Hall–Kier alpha value is -0.170. The van der Waals surface area contributed by atoms with Gasteiger partial charge >= 0.3 is 0 Å². The molecule has 0 spiro atoms. The highest BCUT2D eigenvalue weighted by atomic mass is 32.2. The minimum absolute atomic E-state index is 0.0567. The standard InChI is InChI=1S/C3H10N2O3S/c1-9(7,8)5(4)2-3-6/h6H,2-4H2,1H3. The van der Waals surface area contributed by atoms with Crippen molar-refractivity contribution >= 4 is 10.0 Å². The second kappa shape index (κ2) is 3.11. The zero-order chi connectivity index (χ0) is 7.49. The van der Waals surface area contributed by atoms with Crippen LogP contribution in [0.1, 0.15) is 0 Å². The minimum atomic E-state index is -3.31. The first-order chi connectivity index (χ1) is 3.98. The predicted molar refractivity (Wildman–Crippen MR) is 32.8 cm³/mol. The largest absolute Gasteiger partial charge is 0.395 e. The van der Waals surface area contributed by atoms with Crippen LogP contribution < -0.4 is 5.84 Å². The summed E-state index contributed by atoms with van der Waals surface area (Å²) in [6.07, 6.45) is 0.975. The van der Waals surface area contributed by atoms with Gasteiger partial charge in [0, 0.05) is 0 Å². The number of nitrogens with two attached hydrogens (primary N) is 1. The zero-order valence-corrected chi connectivity index (χ0v) is 5.93. The molecule has 0 atom stereocenters. The first-order valence-electron chi connectivity index (χ1n) is 2.31. The molecule has 0 aromatic heterocycles. The van der Waals surface area contributed by atoms with E-state index in [0.717, 1.165) is 6.26 Å². The van der Waals surface area contributed by atoms with E-state index in [1.807, 2.05) is 0 Å². The van der Waals surface area contributed by atoms with Crippen LogP contribution in [0.4, 0.5) is 0 Å². The fraction of sp³-hybridized carbons (Fsp3) is 1.00. The van der Waals surface area contributed by atoms with Gasteiger partial charge < -0.3 is 5.11 Å². The molecule has 0 amide bonds. The highest BCUT2D eigenvalue weighted by Gasteiger charge is 2.08. The number of hydrogen-bond acceptors (Lipinski definition) is 4. The molecule has 0 aliphatic heterocycles. The van der Waals surface area contributed by atoms with Crippen molar-refractivity contribution in [3.8, 4) is 0 Å². The Morgan fingerprint density at radius 1 is 1.67 bits per heavy atom. The van der Waals surface area contributed by atoms with Crippen molar-refractivity contribution in [3.05, 3.63) is 0 Å². The summed E-state index contributed by atoms with van der Waals surface area (Å²) in [6, 6.07) is 0. The summed E-state index contributed by atoms with van der Waals surface area (Å²) in [4.78, 5) is 0. The summed E-state index contributed by atoms with van der Waals surface area (Å²) in [6.45, 7) is -0.317. The van der Waals surface area contributed by atoms with Crippen molar-refractivity contribution < 1.29 is 13.5 Å². The summed E-state index contributed by atoms with van der Waals surface area (Å²) >= 11 is 0. The van der Waals surface area contributed by atoms with Crippen LogP contribution in [-0.4, -0.2) is 37.3 Å². The number of sulfonamides is 1. The molecule has 5 nitrogen and oxygen atoms in total. The van der Waals surface area contributed by atoms with Gasteiger partial charge in [-0.3, -0.25) is 5.84 Å². The smallest absolute Gasteiger partial charge is 0.223 e. The van der Waals surface area contributed by atoms with Gasteiger partial charge in [-0.15, -0.1) is 4.41 Å². The topological polar surface area (TPSA) is 83.6 Å². The molecule has 0 fully saturated rings. The van der Waals surface area contributed by atoms with Crippen LogP contribution in [0.2, 0.25) is 0 Å². The molecule has 0 heterocycles. The van der Waals surface area contributed by atoms with Crippen molar-refractivity contribution in [1.82, 2.24) is 4.41 Å². The highest BCUT2D eigenvalue weighted by molar-refractivity contribution is 7.88. The normalized spacial score (nSPS) is 12.4. The van der Waals surface area contributed by atoms with Crippen molar-refractivity contribution in [2.75, 3.05) is 19.4 Å². The number of nitrogens with zero attached hydrogens (tertiary/aromatic N) is 1. The molecule has 0 rings (SSSR count). The fourth-order valence-electron chi connectivity index (χ4n) is 0.264. The third-order valence-corrected chi connectivity index (χ3v) is 1.78. The molecule has 9 heavy (non-hydrogen) atoms. The summed E-state index contributed by atoms with van der Waals surface area (Å²) in [7, 11) is -3.31. The summed E-state index contributed by atoms with van der Waals surface area (Å²) in [5.41, 5.74) is 0. The molecular formula is C3H10N2O3S. The third kappa shape index (κ3) is 3.41. The second-order valence-corrected chi connectivity index (χ2v) is 3.53. The van der Waals surface area contributed by atoms with Gasteiger partial charge in [0.25, 0.3) is 0 Å². The maximum Gasteiger partial charge on any atom is 0.223 e. The lowest BCUT2D eigenvalue weighted by Gasteiger charge is -2.10. The van der Waals surface area contributed by atoms with Gasteiger partial charge in [-0.1, -0.05) is 0 Å². The Kier molecular flexibility index (Phi) is 3.06. The van der Waals surface area contributed by atoms with Crippen molar-refractivity contribution in [2.45, 2.75) is 0 Å². The van der Waals surface area contributed by atoms with Gasteiger partial charge in [0.15, 0.2) is 0 Å². The van der Waals surface area contributed by atoms with Gasteiger partial charge in [-0.2, -0.15) is 0 Å². The van der Waals surface area contributed by atoms with E-state index in [4.69, 9.17) is 10.9 Å². The maximum atomic E-state index is 10.4. The van der Waals surface area contributed by atoms with Gasteiger partial charge in [-0.05, 0) is 0 Å². The molecule has 0 radical (unpaired) electrons. The van der Waals surface area contributed by atoms with Crippen LogP contribution >= 0.6 is 0 Å². The number of rotatable bonds is 3. The average Bonchev–Trinajstić information content (AvgIpc) is 1.64. The van der Waals surface area contributed by atoms with E-state index in [9.17, 15) is 8.42 Å². The summed E-state index contributed by atoms with van der Waals surface area (Å²) in [5, 5.41) is 8.21. The number of aliphatic hydroxyl groups excluding tert-OH is 1. The first kappa shape index (κ1) is 8.83. The Morgan fingerprint density at radius 2 is 2.11 bits per heavy atom. The predicted octanol–water partition coefficient (Wildman–Crippen LogP) is -1.89. The quantitative estimate of drug-likeness (QED) is 0.368. The van der Waals surface area contributed by atoms with Gasteiger partial charge in [-0.25, -0.2) is 8.42 Å². The van der Waals surface area contributed by atoms with Gasteiger partial charge in [0.2, 0.25) is 10.0 Å². The van der Waals surface area contributed by atoms with Gasteiger partial charge in [0.05, 0.1) is 19.4 Å². The van der Waals surface area contributed by atoms with Crippen LogP contribution in [0, 0.1) is 0 Å². The molecule has 0 unspecified atom stereocenters. The van der Waals surface area contributed by atoms with Crippen LogP contribution in [-0.2, 0) is 10.0 Å². The number of aliphatic hydroxyl groups is 1. The first-order valence-corrected chi connectivity index (χ1v) is 4.16. The SMILES string of the molecule is CS(=O)(=O)N(N)CCO. The second-order valence-electron chi connectivity index (χ2n) is 1.60. The van der Waals surface area contributed by atoms with E-state index in [1.165, 1.54) is 0 Å². The Labute approximate surface area is 54.1 Å². The van der Waals surface area contributed by atoms with E-state index in [2.05, 4.69) is 0 Å². The summed E-state index contributed by atoms with van der Waals surface area (Å²) < 4.78 is 21.4. The Balaban J connectivity index is 3.90. The molecule has 0 bridgehead atoms. The number of hydrazine groups is 1. The molecule has 0 aliphatic rings. The van der Waals surface area contributed by atoms with E-state index in [1.54, 1.807) is 0 Å². The fourth-order valence-corrected chi connectivity index (χ4v) is 0.678. The Morgan fingerprint density at radius 3 is 2.22 bits per heavy atom. The maximum absolute atomic E-state index is 10.4.